The third-order valence-electron chi connectivity index (χ3n) is 3.09. The van der Waals surface area contributed by atoms with E-state index in [-0.39, 0.29) is 11.1 Å². The highest BCUT2D eigenvalue weighted by Gasteiger charge is 2.20. The molecule has 0 N–H and O–H groups in total. The smallest absolute Gasteiger partial charge is 0.343 e. The first-order valence-electron chi connectivity index (χ1n) is 6.50. The number of aryl methyl sites for hydroxylation is 2. The summed E-state index contributed by atoms with van der Waals surface area (Å²) < 4.78 is 10.8. The molecule has 2 heterocycles. The molecular formula is C15H15NO5S. The first-order valence-corrected chi connectivity index (χ1v) is 7.38. The molecular weight excluding hydrogens is 306 g/mol. The van der Waals surface area contributed by atoms with Gasteiger partial charge in [-0.25, -0.2) is 9.59 Å². The highest BCUT2D eigenvalue weighted by molar-refractivity contribution is 7.09. The summed E-state index contributed by atoms with van der Waals surface area (Å²) in [4.78, 5) is 36.7. The summed E-state index contributed by atoms with van der Waals surface area (Å²) in [6.07, 6.45) is 3.52. The third-order valence-corrected chi connectivity index (χ3v) is 4.02. The fraction of sp³-hybridized carbons (Fsp3) is 0.267. The van der Waals surface area contributed by atoms with Crippen molar-refractivity contribution in [3.63, 3.8) is 0 Å². The quantitative estimate of drug-likeness (QED) is 0.784. The van der Waals surface area contributed by atoms with Gasteiger partial charge in [-0.2, -0.15) is 0 Å². The lowest BCUT2D eigenvalue weighted by Gasteiger charge is -2.10. The first-order chi connectivity index (χ1) is 10.6. The van der Waals surface area contributed by atoms with Crippen molar-refractivity contribution < 1.29 is 19.1 Å². The minimum atomic E-state index is -0.777. The van der Waals surface area contributed by atoms with Crippen LogP contribution in [0.5, 0.6) is 0 Å². The van der Waals surface area contributed by atoms with Crippen LogP contribution in [0.1, 0.15) is 25.6 Å². The predicted octanol–water partition coefficient (Wildman–Crippen LogP) is 1.73. The highest BCUT2D eigenvalue weighted by Crippen LogP contribution is 2.11. The van der Waals surface area contributed by atoms with E-state index in [1.165, 1.54) is 26.6 Å². The monoisotopic (exact) mass is 321 g/mol. The number of rotatable bonds is 5. The van der Waals surface area contributed by atoms with Gasteiger partial charge in [-0.05, 0) is 17.9 Å². The molecule has 116 valence electrons. The molecule has 6 nitrogen and oxygen atoms in total. The molecule has 0 aromatic carbocycles. The second-order valence-electron chi connectivity index (χ2n) is 4.47. The Balaban J connectivity index is 2.38. The second kappa shape index (κ2) is 7.04. The number of esters is 2. The van der Waals surface area contributed by atoms with Gasteiger partial charge >= 0.3 is 11.9 Å². The van der Waals surface area contributed by atoms with Crippen LogP contribution in [-0.2, 0) is 22.4 Å². The standard InChI is InChI=1S/C15H15NO5S/c1-20-14(18)11-8-16(6-5-10-4-3-7-22-10)9-12(13(11)17)15(19)21-2/h3-4,7-9H,5-6H2,1-2H3. The lowest BCUT2D eigenvalue weighted by molar-refractivity contribution is 0.0594. The van der Waals surface area contributed by atoms with E-state index in [2.05, 4.69) is 9.47 Å². The molecule has 0 radical (unpaired) electrons. The van der Waals surface area contributed by atoms with Crippen LogP contribution in [0.25, 0.3) is 0 Å². The third kappa shape index (κ3) is 3.43. The molecule has 2 aromatic heterocycles. The van der Waals surface area contributed by atoms with Gasteiger partial charge < -0.3 is 14.0 Å². The zero-order chi connectivity index (χ0) is 16.1. The van der Waals surface area contributed by atoms with Crippen LogP contribution in [0, 0.1) is 0 Å². The Morgan fingerprint density at radius 1 is 1.14 bits per heavy atom. The lowest BCUT2D eigenvalue weighted by Crippen LogP contribution is -2.26. The molecule has 22 heavy (non-hydrogen) atoms. The van der Waals surface area contributed by atoms with Crippen molar-refractivity contribution in [2.45, 2.75) is 13.0 Å². The van der Waals surface area contributed by atoms with Gasteiger partial charge in [-0.1, -0.05) is 6.07 Å². The first kappa shape index (κ1) is 16.0. The van der Waals surface area contributed by atoms with E-state index in [0.29, 0.717) is 6.54 Å². The number of carbonyl (C=O) groups is 2. The zero-order valence-electron chi connectivity index (χ0n) is 12.2. The summed E-state index contributed by atoms with van der Waals surface area (Å²) in [6.45, 7) is 0.523. The molecule has 0 unspecified atom stereocenters. The normalized spacial score (nSPS) is 10.3. The molecule has 0 amide bonds. The predicted molar refractivity (Wildman–Crippen MR) is 81.4 cm³/mol. The summed E-state index contributed by atoms with van der Waals surface area (Å²) in [5.41, 5.74) is -1.06. The van der Waals surface area contributed by atoms with Crippen molar-refractivity contribution in [1.82, 2.24) is 4.57 Å². The van der Waals surface area contributed by atoms with Gasteiger partial charge in [0.25, 0.3) is 0 Å². The largest absolute Gasteiger partial charge is 0.465 e. The maximum atomic E-state index is 12.1. The number of thiophene rings is 1. The molecule has 0 spiro atoms. The van der Waals surface area contributed by atoms with Gasteiger partial charge in [-0.3, -0.25) is 4.79 Å². The van der Waals surface area contributed by atoms with Crippen molar-refractivity contribution >= 4 is 23.3 Å². The van der Waals surface area contributed by atoms with E-state index in [1.807, 2.05) is 17.5 Å². The number of carbonyl (C=O) groups excluding carboxylic acids is 2. The molecule has 0 aliphatic carbocycles. The topological polar surface area (TPSA) is 74.6 Å². The molecule has 0 atom stereocenters. The van der Waals surface area contributed by atoms with E-state index in [0.717, 1.165) is 11.3 Å². The molecule has 0 aliphatic heterocycles. The fourth-order valence-electron chi connectivity index (χ4n) is 1.97. The van der Waals surface area contributed by atoms with Crippen molar-refractivity contribution in [2.24, 2.45) is 0 Å². The Kier molecular flexibility index (Phi) is 5.11. The zero-order valence-corrected chi connectivity index (χ0v) is 13.0. The van der Waals surface area contributed by atoms with E-state index in [4.69, 9.17) is 0 Å². The van der Waals surface area contributed by atoms with E-state index in [9.17, 15) is 14.4 Å². The minimum Gasteiger partial charge on any atom is -0.465 e. The summed E-state index contributed by atoms with van der Waals surface area (Å²) in [5, 5.41) is 1.97. The summed E-state index contributed by atoms with van der Waals surface area (Å²) >= 11 is 1.62. The highest BCUT2D eigenvalue weighted by atomic mass is 32.1. The van der Waals surface area contributed by atoms with E-state index in [1.54, 1.807) is 15.9 Å². The van der Waals surface area contributed by atoms with E-state index >= 15 is 0 Å². The van der Waals surface area contributed by atoms with Crippen LogP contribution in [-0.4, -0.2) is 30.7 Å². The SMILES string of the molecule is COC(=O)c1cn(CCc2cccs2)cc(C(=O)OC)c1=O. The van der Waals surface area contributed by atoms with Gasteiger partial charge in [0.1, 0.15) is 11.1 Å². The van der Waals surface area contributed by atoms with Gasteiger partial charge in [-0.15, -0.1) is 11.3 Å². The minimum absolute atomic E-state index is 0.184. The molecule has 0 saturated heterocycles. The van der Waals surface area contributed by atoms with Gasteiger partial charge in [0, 0.05) is 23.8 Å². The molecule has 2 aromatic rings. The molecule has 7 heteroatoms. The molecule has 2 rings (SSSR count). The average Bonchev–Trinajstić information content (AvgIpc) is 3.05. The lowest BCUT2D eigenvalue weighted by atomic mass is 10.2. The Morgan fingerprint density at radius 3 is 2.18 bits per heavy atom. The summed E-state index contributed by atoms with van der Waals surface area (Å²) in [6, 6.07) is 3.95. The Hall–Kier alpha value is -2.41. The van der Waals surface area contributed by atoms with Crippen LogP contribution in [0.2, 0.25) is 0 Å². The van der Waals surface area contributed by atoms with Crippen molar-refractivity contribution in [3.05, 3.63) is 56.1 Å². The van der Waals surface area contributed by atoms with Crippen molar-refractivity contribution in [3.8, 4) is 0 Å². The Labute approximate surface area is 130 Å². The number of methoxy groups -OCH3 is 2. The summed E-state index contributed by atoms with van der Waals surface area (Å²) in [5.74, 6) is -1.55. The van der Waals surface area contributed by atoms with Gasteiger partial charge in [0.15, 0.2) is 0 Å². The summed E-state index contributed by atoms with van der Waals surface area (Å²) in [7, 11) is 2.37. The fourth-order valence-corrected chi connectivity index (χ4v) is 2.66. The van der Waals surface area contributed by atoms with Gasteiger partial charge in [0.2, 0.25) is 5.43 Å². The Morgan fingerprint density at radius 2 is 1.73 bits per heavy atom. The Bertz CT molecular complexity index is 693. The molecule has 0 fully saturated rings. The van der Waals surface area contributed by atoms with Crippen molar-refractivity contribution in [1.29, 1.82) is 0 Å². The second-order valence-corrected chi connectivity index (χ2v) is 5.50. The van der Waals surface area contributed by atoms with Crippen molar-refractivity contribution in [2.75, 3.05) is 14.2 Å². The van der Waals surface area contributed by atoms with Gasteiger partial charge in [0.05, 0.1) is 14.2 Å². The van der Waals surface area contributed by atoms with Crippen LogP contribution >= 0.6 is 11.3 Å². The number of pyridine rings is 1. The van der Waals surface area contributed by atoms with Crippen LogP contribution in [0.15, 0.2) is 34.7 Å². The maximum Gasteiger partial charge on any atom is 0.343 e. The molecule has 0 saturated carbocycles. The van der Waals surface area contributed by atoms with Crippen LogP contribution in [0.4, 0.5) is 0 Å². The molecule has 0 aliphatic rings. The van der Waals surface area contributed by atoms with Crippen LogP contribution < -0.4 is 5.43 Å². The number of ether oxygens (including phenoxy) is 2. The van der Waals surface area contributed by atoms with Crippen LogP contribution in [0.3, 0.4) is 0 Å². The molecule has 0 bridgehead atoms. The number of nitrogens with zero attached hydrogens (tertiary/aromatic N) is 1. The maximum absolute atomic E-state index is 12.1. The number of hydrogen-bond acceptors (Lipinski definition) is 6. The number of aromatic nitrogens is 1. The average molecular weight is 321 g/mol. The number of hydrogen-bond donors (Lipinski definition) is 0. The van der Waals surface area contributed by atoms with E-state index < -0.39 is 17.4 Å².